The number of thiophene rings is 1. The predicted octanol–water partition coefficient (Wildman–Crippen LogP) is 5.72. The second-order valence-corrected chi connectivity index (χ2v) is 7.72. The number of hydrogen-bond donors (Lipinski definition) is 0. The molecule has 0 fully saturated rings. The fraction of sp³-hybridized carbons (Fsp3) is 0.190. The molecule has 2 aromatic carbocycles. The summed E-state index contributed by atoms with van der Waals surface area (Å²) in [5.41, 5.74) is 5.88. The molecular weight excluding hydrogens is 350 g/mol. The quantitative estimate of drug-likeness (QED) is 0.538. The topological polar surface area (TPSA) is 20.3 Å². The van der Waals surface area contributed by atoms with Crippen molar-refractivity contribution in [2.75, 3.05) is 4.90 Å². The summed E-state index contributed by atoms with van der Waals surface area (Å²) in [6, 6.07) is 16.6. The number of anilines is 1. The van der Waals surface area contributed by atoms with E-state index in [2.05, 4.69) is 35.7 Å². The van der Waals surface area contributed by atoms with E-state index in [1.54, 1.807) is 18.3 Å². The average Bonchev–Trinajstić information content (AvgIpc) is 3.11. The van der Waals surface area contributed by atoms with Crippen LogP contribution >= 0.6 is 22.9 Å². The van der Waals surface area contributed by atoms with Crippen molar-refractivity contribution in [2.24, 2.45) is 0 Å². The monoisotopic (exact) mass is 367 g/mol. The van der Waals surface area contributed by atoms with E-state index in [1.165, 1.54) is 21.6 Å². The van der Waals surface area contributed by atoms with Gasteiger partial charge in [0.25, 0.3) is 0 Å². The summed E-state index contributed by atoms with van der Waals surface area (Å²) >= 11 is 7.94. The van der Waals surface area contributed by atoms with E-state index in [1.807, 2.05) is 23.1 Å². The first kappa shape index (κ1) is 16.4. The fourth-order valence-corrected chi connectivity index (χ4v) is 4.35. The van der Waals surface area contributed by atoms with E-state index in [0.717, 1.165) is 29.1 Å². The Morgan fingerprint density at radius 3 is 2.64 bits per heavy atom. The lowest BCUT2D eigenvalue weighted by molar-refractivity contribution is -0.116. The van der Waals surface area contributed by atoms with Gasteiger partial charge in [0.2, 0.25) is 5.91 Å². The SMILES string of the molecule is CC(=O)N1Cc2ccc(-c3cccs3)cc2CCc2cc(Cl)ccc21. The molecule has 3 aromatic rings. The highest BCUT2D eigenvalue weighted by Gasteiger charge is 2.21. The Kier molecular flexibility index (Phi) is 4.36. The van der Waals surface area contributed by atoms with Crippen molar-refractivity contribution in [3.05, 3.63) is 75.6 Å². The van der Waals surface area contributed by atoms with Gasteiger partial charge in [-0.25, -0.2) is 0 Å². The maximum absolute atomic E-state index is 12.3. The second kappa shape index (κ2) is 6.66. The van der Waals surface area contributed by atoms with Gasteiger partial charge in [-0.3, -0.25) is 4.79 Å². The molecule has 4 heteroatoms. The molecule has 0 atom stereocenters. The van der Waals surface area contributed by atoms with Gasteiger partial charge in [-0.15, -0.1) is 11.3 Å². The number of rotatable bonds is 1. The molecular formula is C21H18ClNOS. The Bertz CT molecular complexity index is 933. The number of carbonyl (C=O) groups excluding carboxylic acids is 1. The molecule has 1 aliphatic heterocycles. The number of hydrogen-bond acceptors (Lipinski definition) is 2. The second-order valence-electron chi connectivity index (χ2n) is 6.34. The number of nitrogens with zero attached hydrogens (tertiary/aromatic N) is 1. The Hall–Kier alpha value is -2.10. The van der Waals surface area contributed by atoms with Gasteiger partial charge in [0.15, 0.2) is 0 Å². The number of amides is 1. The molecule has 0 unspecified atom stereocenters. The summed E-state index contributed by atoms with van der Waals surface area (Å²) in [5.74, 6) is 0.0544. The first-order chi connectivity index (χ1) is 12.1. The maximum atomic E-state index is 12.3. The number of halogens is 1. The molecule has 1 aliphatic rings. The molecule has 0 aliphatic carbocycles. The normalized spacial score (nSPS) is 13.6. The van der Waals surface area contributed by atoms with E-state index in [-0.39, 0.29) is 5.91 Å². The van der Waals surface area contributed by atoms with Gasteiger partial charge in [-0.1, -0.05) is 29.8 Å². The molecule has 0 saturated heterocycles. The lowest BCUT2D eigenvalue weighted by atomic mass is 9.93. The van der Waals surface area contributed by atoms with Gasteiger partial charge >= 0.3 is 0 Å². The zero-order chi connectivity index (χ0) is 17.4. The molecule has 0 radical (unpaired) electrons. The summed E-state index contributed by atoms with van der Waals surface area (Å²) in [6.45, 7) is 2.23. The van der Waals surface area contributed by atoms with Crippen LogP contribution in [0.1, 0.15) is 23.6 Å². The molecule has 25 heavy (non-hydrogen) atoms. The molecule has 0 N–H and O–H groups in total. The van der Waals surface area contributed by atoms with Gasteiger partial charge in [0.05, 0.1) is 6.54 Å². The van der Waals surface area contributed by atoms with Crippen LogP contribution in [0.25, 0.3) is 10.4 Å². The van der Waals surface area contributed by atoms with Crippen molar-refractivity contribution < 1.29 is 4.79 Å². The van der Waals surface area contributed by atoms with Crippen LogP contribution in [-0.4, -0.2) is 5.91 Å². The number of carbonyl (C=O) groups is 1. The van der Waals surface area contributed by atoms with Crippen LogP contribution in [0, 0.1) is 0 Å². The van der Waals surface area contributed by atoms with Crippen molar-refractivity contribution in [3.8, 4) is 10.4 Å². The summed E-state index contributed by atoms with van der Waals surface area (Å²) < 4.78 is 0. The number of fused-ring (bicyclic) bond motifs is 2. The minimum atomic E-state index is 0.0544. The molecule has 126 valence electrons. The smallest absolute Gasteiger partial charge is 0.224 e. The third kappa shape index (κ3) is 3.22. The number of benzene rings is 2. The first-order valence-corrected chi connectivity index (χ1v) is 9.60. The van der Waals surface area contributed by atoms with Gasteiger partial charge < -0.3 is 4.90 Å². The van der Waals surface area contributed by atoms with Crippen molar-refractivity contribution >= 4 is 34.5 Å². The Labute approximate surface area is 156 Å². The van der Waals surface area contributed by atoms with Crippen LogP contribution in [-0.2, 0) is 24.2 Å². The van der Waals surface area contributed by atoms with E-state index in [4.69, 9.17) is 11.6 Å². The van der Waals surface area contributed by atoms with Crippen molar-refractivity contribution in [1.29, 1.82) is 0 Å². The largest absolute Gasteiger partial charge is 0.308 e. The highest BCUT2D eigenvalue weighted by Crippen LogP contribution is 2.33. The minimum Gasteiger partial charge on any atom is -0.308 e. The zero-order valence-electron chi connectivity index (χ0n) is 14.0. The zero-order valence-corrected chi connectivity index (χ0v) is 15.5. The third-order valence-corrected chi connectivity index (χ3v) is 5.87. The summed E-state index contributed by atoms with van der Waals surface area (Å²) in [4.78, 5) is 15.4. The standard InChI is InChI=1S/C21H18ClNOS/c1-14(24)23-13-18-7-6-17(21-3-2-10-25-21)11-15(18)4-5-16-12-19(22)8-9-20(16)23/h2-3,6-12H,4-5,13H2,1H3. The Morgan fingerprint density at radius 1 is 1.04 bits per heavy atom. The van der Waals surface area contributed by atoms with Crippen molar-refractivity contribution in [2.45, 2.75) is 26.3 Å². The van der Waals surface area contributed by atoms with Crippen LogP contribution in [0.2, 0.25) is 5.02 Å². The third-order valence-electron chi connectivity index (χ3n) is 4.72. The van der Waals surface area contributed by atoms with Crippen LogP contribution in [0.5, 0.6) is 0 Å². The average molecular weight is 368 g/mol. The number of aryl methyl sites for hydroxylation is 2. The molecule has 0 spiro atoms. The van der Waals surface area contributed by atoms with Crippen LogP contribution < -0.4 is 4.90 Å². The van der Waals surface area contributed by atoms with E-state index in [0.29, 0.717) is 6.54 Å². The molecule has 2 nitrogen and oxygen atoms in total. The Morgan fingerprint density at radius 2 is 1.88 bits per heavy atom. The first-order valence-electron chi connectivity index (χ1n) is 8.34. The van der Waals surface area contributed by atoms with Gasteiger partial charge in [0, 0.05) is 22.5 Å². The predicted molar refractivity (Wildman–Crippen MR) is 105 cm³/mol. The Balaban J connectivity index is 1.78. The van der Waals surface area contributed by atoms with E-state index in [9.17, 15) is 4.79 Å². The molecule has 2 heterocycles. The molecule has 0 saturated carbocycles. The fourth-order valence-electron chi connectivity index (χ4n) is 3.43. The van der Waals surface area contributed by atoms with Crippen LogP contribution in [0.3, 0.4) is 0 Å². The van der Waals surface area contributed by atoms with Gasteiger partial charge in [-0.05, 0) is 70.8 Å². The molecule has 1 amide bonds. The highest BCUT2D eigenvalue weighted by molar-refractivity contribution is 7.13. The van der Waals surface area contributed by atoms with Crippen molar-refractivity contribution in [3.63, 3.8) is 0 Å². The van der Waals surface area contributed by atoms with E-state index < -0.39 is 0 Å². The lowest BCUT2D eigenvalue weighted by Crippen LogP contribution is -2.30. The van der Waals surface area contributed by atoms with Crippen molar-refractivity contribution in [1.82, 2.24) is 0 Å². The molecule has 4 rings (SSSR count). The maximum Gasteiger partial charge on any atom is 0.224 e. The summed E-state index contributed by atoms with van der Waals surface area (Å²) in [6.07, 6.45) is 1.83. The highest BCUT2D eigenvalue weighted by atomic mass is 35.5. The summed E-state index contributed by atoms with van der Waals surface area (Å²) in [5, 5.41) is 2.82. The van der Waals surface area contributed by atoms with Gasteiger partial charge in [0.1, 0.15) is 0 Å². The molecule has 0 bridgehead atoms. The van der Waals surface area contributed by atoms with Gasteiger partial charge in [-0.2, -0.15) is 0 Å². The summed E-state index contributed by atoms with van der Waals surface area (Å²) in [7, 11) is 0. The van der Waals surface area contributed by atoms with Crippen LogP contribution in [0.15, 0.2) is 53.9 Å². The van der Waals surface area contributed by atoms with Crippen LogP contribution in [0.4, 0.5) is 5.69 Å². The van der Waals surface area contributed by atoms with E-state index >= 15 is 0 Å². The molecule has 1 aromatic heterocycles. The minimum absolute atomic E-state index is 0.0544. The lowest BCUT2D eigenvalue weighted by Gasteiger charge is -2.28.